The van der Waals surface area contributed by atoms with Crippen molar-refractivity contribution >= 4 is 44.6 Å². The number of hydrogen-bond acceptors (Lipinski definition) is 5. The molecule has 0 amide bonds. The van der Waals surface area contributed by atoms with Crippen molar-refractivity contribution in [3.8, 4) is 50.7 Å². The van der Waals surface area contributed by atoms with Crippen molar-refractivity contribution < 1.29 is 0 Å². The topological polar surface area (TPSA) is 56.5 Å². The molecule has 0 atom stereocenters. The first-order chi connectivity index (χ1) is 22.8. The van der Waals surface area contributed by atoms with Crippen LogP contribution in [0.1, 0.15) is 0 Å². The lowest BCUT2D eigenvalue weighted by Gasteiger charge is -2.11. The lowest BCUT2D eigenvalue weighted by Crippen LogP contribution is -1.96. The summed E-state index contributed by atoms with van der Waals surface area (Å²) < 4.78 is 11.3. The fourth-order valence-corrected chi connectivity index (χ4v) is 6.77. The van der Waals surface area contributed by atoms with Gasteiger partial charge < -0.3 is 4.57 Å². The molecule has 3 aromatic heterocycles. The van der Waals surface area contributed by atoms with Gasteiger partial charge >= 0.3 is 0 Å². The first kappa shape index (κ1) is 26.4. The fourth-order valence-electron chi connectivity index (χ4n) is 6.26. The molecule has 0 saturated heterocycles. The molecule has 0 spiro atoms. The van der Waals surface area contributed by atoms with Crippen LogP contribution in [0, 0.1) is 0 Å². The van der Waals surface area contributed by atoms with Crippen molar-refractivity contribution in [2.24, 2.45) is 0 Å². The Bertz CT molecular complexity index is 2460. The molecular weight excluding hydrogens is 583 g/mol. The Morgan fingerprint density at radius 2 is 1.02 bits per heavy atom. The van der Waals surface area contributed by atoms with Gasteiger partial charge in [0.15, 0.2) is 5.82 Å². The second kappa shape index (κ2) is 10.9. The number of rotatable bonds is 5. The standard InChI is InChI=1S/C40H25N5S/c1-3-10-27(11-4-1)34-24-35(28-12-5-2-6-13-28)42-40(41-34)30-15-9-14-29(22-30)26-18-20-31(21-19-26)45-38-17-8-7-16-32(38)33-23-36-37(25-39(33)45)44-46-43-36/h1-25H. The van der Waals surface area contributed by atoms with Gasteiger partial charge in [0.05, 0.1) is 34.1 Å². The van der Waals surface area contributed by atoms with E-state index in [1.54, 1.807) is 0 Å². The van der Waals surface area contributed by atoms with E-state index < -0.39 is 0 Å². The summed E-state index contributed by atoms with van der Waals surface area (Å²) >= 11 is 1.25. The van der Waals surface area contributed by atoms with Gasteiger partial charge in [0.25, 0.3) is 0 Å². The maximum Gasteiger partial charge on any atom is 0.160 e. The summed E-state index contributed by atoms with van der Waals surface area (Å²) in [6.45, 7) is 0. The van der Waals surface area contributed by atoms with Gasteiger partial charge in [-0.3, -0.25) is 0 Å². The van der Waals surface area contributed by atoms with Crippen LogP contribution >= 0.6 is 11.7 Å². The summed E-state index contributed by atoms with van der Waals surface area (Å²) in [6.07, 6.45) is 0. The molecule has 0 fully saturated rings. The number of fused-ring (bicyclic) bond motifs is 4. The molecule has 0 aliphatic carbocycles. The molecule has 0 unspecified atom stereocenters. The van der Waals surface area contributed by atoms with Crippen LogP contribution in [0.25, 0.3) is 83.6 Å². The highest BCUT2D eigenvalue weighted by Gasteiger charge is 2.15. The zero-order valence-corrected chi connectivity index (χ0v) is 25.4. The maximum absolute atomic E-state index is 5.03. The zero-order chi connectivity index (χ0) is 30.5. The van der Waals surface area contributed by atoms with Crippen LogP contribution in [0.2, 0.25) is 0 Å². The number of hydrogen-bond donors (Lipinski definition) is 0. The lowest BCUT2D eigenvalue weighted by atomic mass is 10.0. The molecule has 46 heavy (non-hydrogen) atoms. The molecule has 5 nitrogen and oxygen atoms in total. The predicted molar refractivity (Wildman–Crippen MR) is 189 cm³/mol. The second-order valence-electron chi connectivity index (χ2n) is 11.3. The van der Waals surface area contributed by atoms with Gasteiger partial charge in [0, 0.05) is 33.2 Å². The Labute approximate surface area is 269 Å². The van der Waals surface area contributed by atoms with Gasteiger partial charge in [-0.25, -0.2) is 9.97 Å². The van der Waals surface area contributed by atoms with Gasteiger partial charge in [-0.05, 0) is 53.6 Å². The van der Waals surface area contributed by atoms with E-state index in [9.17, 15) is 0 Å². The Morgan fingerprint density at radius 1 is 0.413 bits per heavy atom. The molecule has 0 N–H and O–H groups in total. The first-order valence-corrected chi connectivity index (χ1v) is 15.9. The summed E-state index contributed by atoms with van der Waals surface area (Å²) in [5.41, 5.74) is 12.4. The van der Waals surface area contributed by atoms with E-state index in [4.69, 9.17) is 9.97 Å². The van der Waals surface area contributed by atoms with Crippen LogP contribution in [0.4, 0.5) is 0 Å². The van der Waals surface area contributed by atoms with Crippen LogP contribution in [0.5, 0.6) is 0 Å². The molecule has 0 saturated carbocycles. The van der Waals surface area contributed by atoms with Crippen LogP contribution in [0.15, 0.2) is 152 Å². The Hall–Kier alpha value is -5.98. The quantitative estimate of drug-likeness (QED) is 0.195. The highest BCUT2D eigenvalue weighted by molar-refractivity contribution is 7.00. The summed E-state index contributed by atoms with van der Waals surface area (Å²) in [5.74, 6) is 0.701. The molecule has 0 aliphatic rings. The number of nitrogens with zero attached hydrogens (tertiary/aromatic N) is 5. The number of aromatic nitrogens is 5. The smallest absolute Gasteiger partial charge is 0.160 e. The van der Waals surface area contributed by atoms with E-state index in [0.29, 0.717) is 5.82 Å². The van der Waals surface area contributed by atoms with E-state index in [-0.39, 0.29) is 0 Å². The third kappa shape index (κ3) is 4.55. The van der Waals surface area contributed by atoms with Gasteiger partial charge in [0.1, 0.15) is 11.0 Å². The van der Waals surface area contributed by atoms with Crippen molar-refractivity contribution in [1.29, 1.82) is 0 Å². The molecule has 6 aromatic carbocycles. The normalized spacial score (nSPS) is 11.5. The van der Waals surface area contributed by atoms with Crippen molar-refractivity contribution in [1.82, 2.24) is 23.3 Å². The Kier molecular flexibility index (Phi) is 6.25. The fraction of sp³-hybridized carbons (Fsp3) is 0. The molecule has 0 radical (unpaired) electrons. The van der Waals surface area contributed by atoms with E-state index >= 15 is 0 Å². The summed E-state index contributed by atoms with van der Waals surface area (Å²) in [4.78, 5) is 10.1. The largest absolute Gasteiger partial charge is 0.309 e. The first-order valence-electron chi connectivity index (χ1n) is 15.2. The average molecular weight is 608 g/mol. The second-order valence-corrected chi connectivity index (χ2v) is 11.8. The molecule has 216 valence electrons. The number of para-hydroxylation sites is 1. The van der Waals surface area contributed by atoms with Crippen LogP contribution in [-0.2, 0) is 0 Å². The van der Waals surface area contributed by atoms with Crippen molar-refractivity contribution in [3.05, 3.63) is 152 Å². The minimum Gasteiger partial charge on any atom is -0.309 e. The van der Waals surface area contributed by atoms with E-state index in [0.717, 1.165) is 67.0 Å². The van der Waals surface area contributed by atoms with Gasteiger partial charge in [-0.15, -0.1) is 0 Å². The molecule has 9 rings (SSSR count). The molecule has 0 aliphatic heterocycles. The number of benzene rings is 6. The average Bonchev–Trinajstić information content (AvgIpc) is 3.73. The SMILES string of the molecule is c1ccc(-c2cc(-c3ccccc3)nc(-c3cccc(-c4ccc(-n5c6ccccc6c6cc7nsnc7cc65)cc4)c3)n2)cc1. The van der Waals surface area contributed by atoms with Crippen molar-refractivity contribution in [2.75, 3.05) is 0 Å². The Balaban J connectivity index is 1.13. The van der Waals surface area contributed by atoms with Crippen molar-refractivity contribution in [3.63, 3.8) is 0 Å². The van der Waals surface area contributed by atoms with E-state index in [2.05, 4.69) is 129 Å². The zero-order valence-electron chi connectivity index (χ0n) is 24.6. The third-order valence-corrected chi connectivity index (χ3v) is 9.05. The van der Waals surface area contributed by atoms with Crippen LogP contribution in [0.3, 0.4) is 0 Å². The summed E-state index contributed by atoms with van der Waals surface area (Å²) in [5, 5.41) is 2.39. The molecular formula is C40H25N5S. The monoisotopic (exact) mass is 607 g/mol. The van der Waals surface area contributed by atoms with Gasteiger partial charge in [0.2, 0.25) is 0 Å². The van der Waals surface area contributed by atoms with Crippen LogP contribution < -0.4 is 0 Å². The third-order valence-electron chi connectivity index (χ3n) is 8.49. The highest BCUT2D eigenvalue weighted by Crippen LogP contribution is 2.35. The molecule has 0 bridgehead atoms. The molecule has 9 aromatic rings. The highest BCUT2D eigenvalue weighted by atomic mass is 32.1. The molecule has 6 heteroatoms. The predicted octanol–water partition coefficient (Wildman–Crippen LogP) is 10.2. The minimum atomic E-state index is 0.701. The van der Waals surface area contributed by atoms with Gasteiger partial charge in [-0.1, -0.05) is 109 Å². The maximum atomic E-state index is 5.03. The van der Waals surface area contributed by atoms with Crippen LogP contribution in [-0.4, -0.2) is 23.3 Å². The summed E-state index contributed by atoms with van der Waals surface area (Å²) in [6, 6.07) is 52.7. The van der Waals surface area contributed by atoms with Gasteiger partial charge in [-0.2, -0.15) is 8.75 Å². The lowest BCUT2D eigenvalue weighted by molar-refractivity contribution is 1.18. The minimum absolute atomic E-state index is 0.701. The van der Waals surface area contributed by atoms with Crippen molar-refractivity contribution in [2.45, 2.75) is 0 Å². The summed E-state index contributed by atoms with van der Waals surface area (Å²) in [7, 11) is 0. The van der Waals surface area contributed by atoms with E-state index in [1.807, 2.05) is 36.4 Å². The Morgan fingerprint density at radius 3 is 1.74 bits per heavy atom. The molecule has 3 heterocycles. The van der Waals surface area contributed by atoms with E-state index in [1.165, 1.54) is 22.5 Å².